The van der Waals surface area contributed by atoms with Gasteiger partial charge in [0.2, 0.25) is 0 Å². The Labute approximate surface area is 122 Å². The molecule has 0 aliphatic rings. The van der Waals surface area contributed by atoms with Crippen molar-refractivity contribution < 1.29 is 13.9 Å². The summed E-state index contributed by atoms with van der Waals surface area (Å²) in [5.74, 6) is -1.19. The molecule has 0 spiro atoms. The number of nitrogen functional groups attached to an aromatic ring is 1. The van der Waals surface area contributed by atoms with E-state index in [0.717, 1.165) is 0 Å². The first kappa shape index (κ1) is 14.1. The molecule has 1 heterocycles. The Morgan fingerprint density at radius 1 is 1.55 bits per heavy atom. The SMILES string of the molecule is COC(=O)c1c(N)c(C#N)cn1-c1cc(F)ccc1Br. The number of nitrogens with two attached hydrogens (primary N) is 1. The number of carbonyl (C=O) groups is 1. The van der Waals surface area contributed by atoms with Gasteiger partial charge in [-0.15, -0.1) is 0 Å². The van der Waals surface area contributed by atoms with Gasteiger partial charge in [0.05, 0.1) is 24.0 Å². The Balaban J connectivity index is 2.77. The maximum absolute atomic E-state index is 13.4. The van der Waals surface area contributed by atoms with Crippen LogP contribution in [0.3, 0.4) is 0 Å². The number of esters is 1. The standard InChI is InChI=1S/C13H9BrFN3O2/c1-20-13(19)12-11(17)7(5-16)6-18(12)10-4-8(15)2-3-9(10)14/h2-4,6H,17H2,1H3. The van der Waals surface area contributed by atoms with Crippen LogP contribution in [0.25, 0.3) is 5.69 Å². The molecule has 1 aromatic carbocycles. The summed E-state index contributed by atoms with van der Waals surface area (Å²) in [5, 5.41) is 9.00. The van der Waals surface area contributed by atoms with Crippen molar-refractivity contribution in [2.24, 2.45) is 0 Å². The summed E-state index contributed by atoms with van der Waals surface area (Å²) in [6.07, 6.45) is 1.36. The molecular formula is C13H9BrFN3O2. The fourth-order valence-electron chi connectivity index (χ4n) is 1.78. The lowest BCUT2D eigenvalue weighted by molar-refractivity contribution is 0.0593. The highest BCUT2D eigenvalue weighted by Gasteiger charge is 2.22. The molecule has 7 heteroatoms. The van der Waals surface area contributed by atoms with Gasteiger partial charge in [-0.25, -0.2) is 9.18 Å². The monoisotopic (exact) mass is 337 g/mol. The maximum Gasteiger partial charge on any atom is 0.357 e. The van der Waals surface area contributed by atoms with Crippen molar-refractivity contribution in [1.82, 2.24) is 4.57 Å². The van der Waals surface area contributed by atoms with E-state index in [4.69, 9.17) is 11.0 Å². The molecule has 20 heavy (non-hydrogen) atoms. The van der Waals surface area contributed by atoms with E-state index in [0.29, 0.717) is 10.2 Å². The van der Waals surface area contributed by atoms with Crippen LogP contribution in [-0.4, -0.2) is 17.6 Å². The molecule has 2 aromatic rings. The van der Waals surface area contributed by atoms with Gasteiger partial charge in [-0.2, -0.15) is 5.26 Å². The van der Waals surface area contributed by atoms with Crippen LogP contribution in [0.4, 0.5) is 10.1 Å². The summed E-state index contributed by atoms with van der Waals surface area (Å²) in [6.45, 7) is 0. The number of halogens is 2. The minimum Gasteiger partial charge on any atom is -0.464 e. The zero-order valence-electron chi connectivity index (χ0n) is 10.4. The number of rotatable bonds is 2. The summed E-state index contributed by atoms with van der Waals surface area (Å²) >= 11 is 3.26. The van der Waals surface area contributed by atoms with Crippen molar-refractivity contribution in [2.75, 3.05) is 12.8 Å². The van der Waals surface area contributed by atoms with Crippen LogP contribution >= 0.6 is 15.9 Å². The average Bonchev–Trinajstić information content (AvgIpc) is 2.77. The van der Waals surface area contributed by atoms with E-state index in [1.165, 1.54) is 36.1 Å². The van der Waals surface area contributed by atoms with Gasteiger partial charge >= 0.3 is 5.97 Å². The van der Waals surface area contributed by atoms with E-state index in [1.807, 2.05) is 6.07 Å². The van der Waals surface area contributed by atoms with Gasteiger partial charge in [0.25, 0.3) is 0 Å². The molecule has 0 unspecified atom stereocenters. The van der Waals surface area contributed by atoms with Gasteiger partial charge in [-0.1, -0.05) is 0 Å². The van der Waals surface area contributed by atoms with E-state index in [-0.39, 0.29) is 16.9 Å². The van der Waals surface area contributed by atoms with Gasteiger partial charge in [0.15, 0.2) is 5.69 Å². The molecule has 1 aromatic heterocycles. The largest absolute Gasteiger partial charge is 0.464 e. The third-order valence-corrected chi connectivity index (χ3v) is 3.38. The second kappa shape index (κ2) is 5.35. The Hall–Kier alpha value is -2.33. The predicted molar refractivity (Wildman–Crippen MR) is 73.9 cm³/mol. The molecular weight excluding hydrogens is 329 g/mol. The molecule has 0 amide bonds. The summed E-state index contributed by atoms with van der Waals surface area (Å²) in [5.41, 5.74) is 6.20. The number of benzene rings is 1. The molecule has 0 aliphatic carbocycles. The second-order valence-electron chi connectivity index (χ2n) is 3.87. The topological polar surface area (TPSA) is 81.0 Å². The molecule has 2 rings (SSSR count). The Bertz CT molecular complexity index is 734. The number of hydrogen-bond donors (Lipinski definition) is 1. The van der Waals surface area contributed by atoms with Crippen LogP contribution in [0.15, 0.2) is 28.9 Å². The number of anilines is 1. The van der Waals surface area contributed by atoms with Crippen molar-refractivity contribution in [1.29, 1.82) is 5.26 Å². The molecule has 0 atom stereocenters. The van der Waals surface area contributed by atoms with Gasteiger partial charge in [-0.3, -0.25) is 0 Å². The zero-order valence-corrected chi connectivity index (χ0v) is 11.9. The van der Waals surface area contributed by atoms with Crippen LogP contribution in [0, 0.1) is 17.1 Å². The summed E-state index contributed by atoms with van der Waals surface area (Å²) in [6, 6.07) is 5.86. The van der Waals surface area contributed by atoms with Crippen molar-refractivity contribution >= 4 is 27.6 Å². The van der Waals surface area contributed by atoms with Crippen molar-refractivity contribution in [3.63, 3.8) is 0 Å². The first-order valence-electron chi connectivity index (χ1n) is 5.44. The number of ether oxygens (including phenoxy) is 1. The van der Waals surface area contributed by atoms with E-state index in [2.05, 4.69) is 20.7 Å². The van der Waals surface area contributed by atoms with Crippen LogP contribution in [0.5, 0.6) is 0 Å². The molecule has 5 nitrogen and oxygen atoms in total. The highest BCUT2D eigenvalue weighted by atomic mass is 79.9. The van der Waals surface area contributed by atoms with Crippen molar-refractivity contribution in [2.45, 2.75) is 0 Å². The molecule has 102 valence electrons. The lowest BCUT2D eigenvalue weighted by Gasteiger charge is -2.10. The molecule has 0 radical (unpaired) electrons. The molecule has 0 fully saturated rings. The zero-order chi connectivity index (χ0) is 14.9. The smallest absolute Gasteiger partial charge is 0.357 e. The Kier molecular flexibility index (Phi) is 3.77. The second-order valence-corrected chi connectivity index (χ2v) is 4.73. The highest BCUT2D eigenvalue weighted by molar-refractivity contribution is 9.10. The van der Waals surface area contributed by atoms with Crippen LogP contribution in [0.2, 0.25) is 0 Å². The number of methoxy groups -OCH3 is 1. The van der Waals surface area contributed by atoms with E-state index >= 15 is 0 Å². The number of hydrogen-bond acceptors (Lipinski definition) is 4. The maximum atomic E-state index is 13.4. The summed E-state index contributed by atoms with van der Waals surface area (Å²) in [4.78, 5) is 11.8. The summed E-state index contributed by atoms with van der Waals surface area (Å²) in [7, 11) is 1.20. The van der Waals surface area contributed by atoms with Crippen molar-refractivity contribution in [3.05, 3.63) is 45.9 Å². The first-order chi connectivity index (χ1) is 9.49. The molecule has 2 N–H and O–H groups in total. The lowest BCUT2D eigenvalue weighted by atomic mass is 10.2. The van der Waals surface area contributed by atoms with E-state index < -0.39 is 11.8 Å². The summed E-state index contributed by atoms with van der Waals surface area (Å²) < 4.78 is 19.9. The van der Waals surface area contributed by atoms with Gasteiger partial charge in [-0.05, 0) is 34.1 Å². The number of aromatic nitrogens is 1. The average molecular weight is 338 g/mol. The van der Waals surface area contributed by atoms with Gasteiger partial charge in [0.1, 0.15) is 11.9 Å². The quantitative estimate of drug-likeness (QED) is 0.854. The van der Waals surface area contributed by atoms with E-state index in [9.17, 15) is 9.18 Å². The fourth-order valence-corrected chi connectivity index (χ4v) is 2.21. The third kappa shape index (κ3) is 2.26. The molecule has 0 bridgehead atoms. The van der Waals surface area contributed by atoms with E-state index in [1.54, 1.807) is 0 Å². The van der Waals surface area contributed by atoms with Crippen molar-refractivity contribution in [3.8, 4) is 11.8 Å². The minimum atomic E-state index is -0.708. The van der Waals surface area contributed by atoms with Gasteiger partial charge < -0.3 is 15.0 Å². The lowest BCUT2D eigenvalue weighted by Crippen LogP contribution is -2.11. The fraction of sp³-hybridized carbons (Fsp3) is 0.0769. The number of carbonyl (C=O) groups excluding carboxylic acids is 1. The van der Waals surface area contributed by atoms with Crippen LogP contribution in [0.1, 0.15) is 16.1 Å². The first-order valence-corrected chi connectivity index (χ1v) is 6.23. The molecule has 0 aliphatic heterocycles. The highest BCUT2D eigenvalue weighted by Crippen LogP contribution is 2.29. The Morgan fingerprint density at radius 3 is 2.85 bits per heavy atom. The van der Waals surface area contributed by atoms with Crippen LogP contribution in [-0.2, 0) is 4.74 Å². The van der Waals surface area contributed by atoms with Gasteiger partial charge in [0, 0.05) is 10.7 Å². The minimum absolute atomic E-state index is 0.00416. The number of nitrogens with zero attached hydrogens (tertiary/aromatic N) is 2. The predicted octanol–water partition coefficient (Wildman–Crippen LogP) is 2.62. The van der Waals surface area contributed by atoms with Crippen LogP contribution < -0.4 is 5.73 Å². The Morgan fingerprint density at radius 2 is 2.25 bits per heavy atom. The number of nitriles is 1. The molecule has 0 saturated carbocycles. The third-order valence-electron chi connectivity index (χ3n) is 2.71. The molecule has 0 saturated heterocycles. The normalized spacial score (nSPS) is 10.1.